The fourth-order valence-electron chi connectivity index (χ4n) is 0.289. The van der Waals surface area contributed by atoms with Gasteiger partial charge in [-0.1, -0.05) is 6.92 Å². The molecule has 46 valence electrons. The molecule has 0 aliphatic rings. The van der Waals surface area contributed by atoms with E-state index >= 15 is 0 Å². The van der Waals surface area contributed by atoms with Crippen molar-refractivity contribution in [3.05, 3.63) is 11.9 Å². The van der Waals surface area contributed by atoms with Crippen LogP contribution in [0.15, 0.2) is 11.9 Å². The Morgan fingerprint density at radius 2 is 2.38 bits per heavy atom. The summed E-state index contributed by atoms with van der Waals surface area (Å²) in [5.41, 5.74) is 4.76. The van der Waals surface area contributed by atoms with Gasteiger partial charge in [0.15, 0.2) is 11.7 Å². The van der Waals surface area contributed by atoms with Crippen molar-refractivity contribution in [1.82, 2.24) is 0 Å². The van der Waals surface area contributed by atoms with Crippen molar-refractivity contribution in [1.29, 1.82) is 5.41 Å². The summed E-state index contributed by atoms with van der Waals surface area (Å²) in [5, 5.41) is 6.54. The molecule has 0 unspecified atom stereocenters. The quantitative estimate of drug-likeness (QED) is 0.413. The van der Waals surface area contributed by atoms with Gasteiger partial charge in [-0.2, -0.15) is 0 Å². The number of nitrogens with two attached hydrogens (primary N) is 1. The van der Waals surface area contributed by atoms with E-state index in [9.17, 15) is 4.39 Å². The van der Waals surface area contributed by atoms with E-state index in [1.54, 1.807) is 6.92 Å². The average molecular weight is 116 g/mol. The van der Waals surface area contributed by atoms with Crippen LogP contribution in [0.1, 0.15) is 13.3 Å². The van der Waals surface area contributed by atoms with E-state index < -0.39 is 11.7 Å². The Balaban J connectivity index is 3.80. The minimum absolute atomic E-state index is 0.494. The molecule has 0 atom stereocenters. The van der Waals surface area contributed by atoms with E-state index in [4.69, 9.17) is 11.1 Å². The van der Waals surface area contributed by atoms with Crippen molar-refractivity contribution in [2.24, 2.45) is 5.73 Å². The maximum atomic E-state index is 12.0. The maximum Gasteiger partial charge on any atom is 0.160 e. The molecule has 0 aromatic carbocycles. The van der Waals surface area contributed by atoms with Crippen LogP contribution in [-0.2, 0) is 0 Å². The lowest BCUT2D eigenvalue weighted by Crippen LogP contribution is -2.09. The van der Waals surface area contributed by atoms with E-state index in [2.05, 4.69) is 0 Å². The van der Waals surface area contributed by atoms with Gasteiger partial charge in [-0.15, -0.1) is 0 Å². The Labute approximate surface area is 47.7 Å². The normalized spacial score (nSPS) is 11.5. The summed E-state index contributed by atoms with van der Waals surface area (Å²) < 4.78 is 12.0. The average Bonchev–Trinajstić information content (AvgIpc) is 1.67. The molecule has 0 aromatic heterocycles. The van der Waals surface area contributed by atoms with E-state index in [0.29, 0.717) is 6.42 Å². The van der Waals surface area contributed by atoms with Gasteiger partial charge in [0.25, 0.3) is 0 Å². The molecule has 0 rings (SSSR count). The highest BCUT2D eigenvalue weighted by Crippen LogP contribution is 1.95. The Hall–Kier alpha value is -0.860. The van der Waals surface area contributed by atoms with E-state index in [-0.39, 0.29) is 0 Å². The Morgan fingerprint density at radius 1 is 1.88 bits per heavy atom. The highest BCUT2D eigenvalue weighted by Gasteiger charge is 1.93. The van der Waals surface area contributed by atoms with Crippen LogP contribution >= 0.6 is 0 Å². The Kier molecular flexibility index (Phi) is 2.84. The van der Waals surface area contributed by atoms with Gasteiger partial charge < -0.3 is 5.73 Å². The molecular weight excluding hydrogens is 107 g/mol. The van der Waals surface area contributed by atoms with Gasteiger partial charge in [0.2, 0.25) is 0 Å². The zero-order valence-corrected chi connectivity index (χ0v) is 4.74. The van der Waals surface area contributed by atoms with E-state index in [1.807, 2.05) is 0 Å². The second-order valence-corrected chi connectivity index (χ2v) is 1.37. The zero-order chi connectivity index (χ0) is 6.57. The molecule has 3 heteroatoms. The third-order valence-corrected chi connectivity index (χ3v) is 0.641. The zero-order valence-electron chi connectivity index (χ0n) is 4.74. The molecule has 0 aromatic rings. The molecule has 0 heterocycles. The second-order valence-electron chi connectivity index (χ2n) is 1.37. The first kappa shape index (κ1) is 7.14. The van der Waals surface area contributed by atoms with Crippen molar-refractivity contribution >= 4 is 5.84 Å². The van der Waals surface area contributed by atoms with Crippen LogP contribution in [0.5, 0.6) is 0 Å². The molecule has 0 fully saturated rings. The fourth-order valence-corrected chi connectivity index (χ4v) is 0.289. The molecule has 0 spiro atoms. The van der Waals surface area contributed by atoms with Crippen molar-refractivity contribution in [3.63, 3.8) is 0 Å². The fraction of sp³-hybridized carbons (Fsp3) is 0.400. The van der Waals surface area contributed by atoms with Crippen molar-refractivity contribution in [2.75, 3.05) is 0 Å². The highest BCUT2D eigenvalue weighted by molar-refractivity contribution is 5.91. The molecule has 0 amide bonds. The minimum atomic E-state index is -0.632. The molecule has 0 saturated heterocycles. The van der Waals surface area contributed by atoms with Crippen LogP contribution in [0.4, 0.5) is 4.39 Å². The van der Waals surface area contributed by atoms with E-state index in [0.717, 1.165) is 0 Å². The van der Waals surface area contributed by atoms with Gasteiger partial charge in [0, 0.05) is 0 Å². The Bertz CT molecular complexity index is 118. The van der Waals surface area contributed by atoms with Gasteiger partial charge in [-0.25, -0.2) is 4.39 Å². The van der Waals surface area contributed by atoms with Crippen LogP contribution in [-0.4, -0.2) is 5.84 Å². The number of rotatable bonds is 2. The lowest BCUT2D eigenvalue weighted by Gasteiger charge is -1.87. The molecule has 3 N–H and O–H groups in total. The van der Waals surface area contributed by atoms with Crippen LogP contribution in [0.25, 0.3) is 0 Å². The number of allylic oxidation sites excluding steroid dienone is 1. The molecule has 0 radical (unpaired) electrons. The number of nitrogens with one attached hydrogen (secondary N) is 1. The first-order chi connectivity index (χ1) is 3.68. The summed E-state index contributed by atoms with van der Waals surface area (Å²) >= 11 is 0. The summed E-state index contributed by atoms with van der Waals surface area (Å²) in [6, 6.07) is 0. The summed E-state index contributed by atoms with van der Waals surface area (Å²) in [4.78, 5) is 0. The number of amidine groups is 1. The molecular formula is C5H9FN2. The SMILES string of the molecule is CC/C=C(/F)C(=N)N. The lowest BCUT2D eigenvalue weighted by atomic mass is 10.4. The lowest BCUT2D eigenvalue weighted by molar-refractivity contribution is 0.672. The summed E-state index contributed by atoms with van der Waals surface area (Å²) in [6.45, 7) is 1.78. The van der Waals surface area contributed by atoms with Crippen LogP contribution in [0.3, 0.4) is 0 Å². The topological polar surface area (TPSA) is 49.9 Å². The predicted octanol–water partition coefficient (Wildman–Crippen LogP) is 1.19. The van der Waals surface area contributed by atoms with Gasteiger partial charge in [0.1, 0.15) is 0 Å². The van der Waals surface area contributed by atoms with Crippen LogP contribution in [0, 0.1) is 5.41 Å². The third kappa shape index (κ3) is 2.34. The number of hydrogen-bond acceptors (Lipinski definition) is 1. The molecule has 2 nitrogen and oxygen atoms in total. The van der Waals surface area contributed by atoms with Gasteiger partial charge in [0.05, 0.1) is 0 Å². The maximum absolute atomic E-state index is 12.0. The standard InChI is InChI=1S/C5H9FN2/c1-2-3-4(6)5(7)8/h3H,2H2,1H3,(H3,7,8)/b4-3+. The smallest absolute Gasteiger partial charge is 0.160 e. The van der Waals surface area contributed by atoms with Crippen molar-refractivity contribution in [3.8, 4) is 0 Å². The number of halogens is 1. The summed E-state index contributed by atoms with van der Waals surface area (Å²) in [7, 11) is 0. The highest BCUT2D eigenvalue weighted by atomic mass is 19.1. The predicted molar refractivity (Wildman–Crippen MR) is 31.4 cm³/mol. The van der Waals surface area contributed by atoms with Gasteiger partial charge >= 0.3 is 0 Å². The minimum Gasteiger partial charge on any atom is -0.382 e. The van der Waals surface area contributed by atoms with Gasteiger partial charge in [-0.05, 0) is 12.5 Å². The Morgan fingerprint density at radius 3 is 2.50 bits per heavy atom. The first-order valence-electron chi connectivity index (χ1n) is 2.38. The molecule has 0 aliphatic carbocycles. The van der Waals surface area contributed by atoms with Crippen molar-refractivity contribution in [2.45, 2.75) is 13.3 Å². The second kappa shape index (κ2) is 3.18. The van der Waals surface area contributed by atoms with Crippen molar-refractivity contribution < 1.29 is 4.39 Å². The monoisotopic (exact) mass is 116 g/mol. The van der Waals surface area contributed by atoms with E-state index in [1.165, 1.54) is 6.08 Å². The summed E-state index contributed by atoms with van der Waals surface area (Å²) in [6.07, 6.45) is 1.84. The largest absolute Gasteiger partial charge is 0.382 e. The molecule has 8 heavy (non-hydrogen) atoms. The van der Waals surface area contributed by atoms with Crippen LogP contribution in [0.2, 0.25) is 0 Å². The van der Waals surface area contributed by atoms with Gasteiger partial charge in [-0.3, -0.25) is 5.41 Å². The third-order valence-electron chi connectivity index (χ3n) is 0.641. The molecule has 0 saturated carbocycles. The van der Waals surface area contributed by atoms with Crippen LogP contribution < -0.4 is 5.73 Å². The molecule has 0 bridgehead atoms. The molecule has 0 aliphatic heterocycles. The number of hydrogen-bond donors (Lipinski definition) is 2. The first-order valence-corrected chi connectivity index (χ1v) is 2.38. The summed E-state index contributed by atoms with van der Waals surface area (Å²) in [5.74, 6) is -1.13.